The van der Waals surface area contributed by atoms with Crippen LogP contribution in [0.25, 0.3) is 0 Å². The van der Waals surface area contributed by atoms with Gasteiger partial charge in [-0.1, -0.05) is 24.3 Å². The van der Waals surface area contributed by atoms with Crippen LogP contribution in [-0.2, 0) is 0 Å². The molecule has 2 atom stereocenters. The Labute approximate surface area is 80.9 Å². The molecule has 0 saturated carbocycles. The van der Waals surface area contributed by atoms with E-state index >= 15 is 0 Å². The lowest BCUT2D eigenvalue weighted by molar-refractivity contribution is 0.778. The highest BCUT2D eigenvalue weighted by molar-refractivity contribution is 5.04. The molecular formula is C12H19N. The molecule has 0 bridgehead atoms. The van der Waals surface area contributed by atoms with Crippen LogP contribution >= 0.6 is 0 Å². The third kappa shape index (κ3) is 3.00. The molecule has 2 aliphatic rings. The van der Waals surface area contributed by atoms with Crippen molar-refractivity contribution >= 4 is 0 Å². The summed E-state index contributed by atoms with van der Waals surface area (Å²) in [7, 11) is 0. The lowest BCUT2D eigenvalue weighted by Gasteiger charge is -1.95. The van der Waals surface area contributed by atoms with Crippen molar-refractivity contribution in [2.24, 2.45) is 0 Å². The summed E-state index contributed by atoms with van der Waals surface area (Å²) in [6.45, 7) is 0. The van der Waals surface area contributed by atoms with Crippen molar-refractivity contribution in [3.63, 3.8) is 0 Å². The van der Waals surface area contributed by atoms with E-state index in [1.807, 2.05) is 0 Å². The molecule has 1 aliphatic heterocycles. The Bertz CT molecular complexity index is 205. The molecule has 72 valence electrons. The Morgan fingerprint density at radius 3 is 2.54 bits per heavy atom. The Morgan fingerprint density at radius 1 is 0.846 bits per heavy atom. The highest BCUT2D eigenvalue weighted by atomic mass is 15.1. The molecule has 1 saturated heterocycles. The number of fused-ring (bicyclic) bond motifs is 1. The second-order valence-electron chi connectivity index (χ2n) is 4.07. The fraction of sp³-hybridized carbons (Fsp3) is 0.667. The monoisotopic (exact) mass is 177 g/mol. The number of allylic oxidation sites excluding steroid dienone is 3. The van der Waals surface area contributed by atoms with E-state index in [1.165, 1.54) is 38.5 Å². The molecule has 0 amide bonds. The first-order chi connectivity index (χ1) is 6.47. The van der Waals surface area contributed by atoms with Gasteiger partial charge in [-0.2, -0.15) is 0 Å². The zero-order chi connectivity index (χ0) is 8.93. The Morgan fingerprint density at radius 2 is 1.62 bits per heavy atom. The van der Waals surface area contributed by atoms with Crippen LogP contribution in [0.4, 0.5) is 0 Å². The molecule has 0 spiro atoms. The van der Waals surface area contributed by atoms with Crippen molar-refractivity contribution in [3.05, 3.63) is 24.3 Å². The number of rotatable bonds is 0. The van der Waals surface area contributed by atoms with Gasteiger partial charge in [0.1, 0.15) is 0 Å². The van der Waals surface area contributed by atoms with Gasteiger partial charge in [0.15, 0.2) is 0 Å². The van der Waals surface area contributed by atoms with E-state index in [4.69, 9.17) is 0 Å². The summed E-state index contributed by atoms with van der Waals surface area (Å²) >= 11 is 0. The van der Waals surface area contributed by atoms with Gasteiger partial charge in [0, 0.05) is 12.1 Å². The standard InChI is InChI=1S/C12H19N/c1-2-4-6-8-10-12-11(13-12)9-7-5-3-1/h3,5-6,8,11-13H,1-2,4,7,9-10H2/b5-3?,8-6-/t11-,12+/m1/s1. The summed E-state index contributed by atoms with van der Waals surface area (Å²) in [5.41, 5.74) is 0. The van der Waals surface area contributed by atoms with Crippen LogP contribution in [0.5, 0.6) is 0 Å². The number of nitrogens with one attached hydrogen (secondary N) is 1. The average Bonchev–Trinajstić information content (AvgIpc) is 2.83. The molecule has 0 aromatic carbocycles. The summed E-state index contributed by atoms with van der Waals surface area (Å²) in [6, 6.07) is 1.61. The molecule has 1 nitrogen and oxygen atoms in total. The van der Waals surface area contributed by atoms with Gasteiger partial charge < -0.3 is 5.32 Å². The first kappa shape index (κ1) is 9.01. The van der Waals surface area contributed by atoms with Gasteiger partial charge in [-0.15, -0.1) is 0 Å². The van der Waals surface area contributed by atoms with Crippen molar-refractivity contribution in [2.75, 3.05) is 0 Å². The molecule has 0 unspecified atom stereocenters. The summed E-state index contributed by atoms with van der Waals surface area (Å²) < 4.78 is 0. The van der Waals surface area contributed by atoms with Gasteiger partial charge in [-0.25, -0.2) is 0 Å². The lowest BCUT2D eigenvalue weighted by Crippen LogP contribution is -1.92. The van der Waals surface area contributed by atoms with Crippen LogP contribution < -0.4 is 5.32 Å². The molecule has 0 aromatic heterocycles. The minimum atomic E-state index is 0.795. The highest BCUT2D eigenvalue weighted by Gasteiger charge is 2.33. The molecule has 0 radical (unpaired) electrons. The maximum absolute atomic E-state index is 3.52. The zero-order valence-electron chi connectivity index (χ0n) is 8.21. The summed E-state index contributed by atoms with van der Waals surface area (Å²) in [6.07, 6.45) is 17.0. The fourth-order valence-electron chi connectivity index (χ4n) is 1.96. The maximum atomic E-state index is 3.52. The van der Waals surface area contributed by atoms with Gasteiger partial charge in [-0.3, -0.25) is 0 Å². The molecule has 13 heavy (non-hydrogen) atoms. The van der Waals surface area contributed by atoms with Gasteiger partial charge in [-0.05, 0) is 38.5 Å². The van der Waals surface area contributed by atoms with Crippen molar-refractivity contribution in [1.29, 1.82) is 0 Å². The van der Waals surface area contributed by atoms with Crippen molar-refractivity contribution in [2.45, 2.75) is 50.6 Å². The third-order valence-electron chi connectivity index (χ3n) is 2.91. The van der Waals surface area contributed by atoms with Gasteiger partial charge in [0.2, 0.25) is 0 Å². The first-order valence-electron chi connectivity index (χ1n) is 5.53. The molecular weight excluding hydrogens is 158 g/mol. The maximum Gasteiger partial charge on any atom is 0.0259 e. The first-order valence-corrected chi connectivity index (χ1v) is 5.53. The molecule has 1 aliphatic carbocycles. The molecule has 2 rings (SSSR count). The van der Waals surface area contributed by atoms with E-state index < -0.39 is 0 Å². The van der Waals surface area contributed by atoms with Gasteiger partial charge >= 0.3 is 0 Å². The van der Waals surface area contributed by atoms with E-state index in [-0.39, 0.29) is 0 Å². The summed E-state index contributed by atoms with van der Waals surface area (Å²) in [5.74, 6) is 0. The Hall–Kier alpha value is -0.560. The van der Waals surface area contributed by atoms with E-state index in [9.17, 15) is 0 Å². The van der Waals surface area contributed by atoms with E-state index in [0.717, 1.165) is 12.1 Å². The zero-order valence-corrected chi connectivity index (χ0v) is 8.21. The van der Waals surface area contributed by atoms with E-state index in [2.05, 4.69) is 29.6 Å². The quantitative estimate of drug-likeness (QED) is 0.446. The largest absolute Gasteiger partial charge is 0.308 e. The van der Waals surface area contributed by atoms with Gasteiger partial charge in [0.05, 0.1) is 0 Å². The minimum absolute atomic E-state index is 0.795. The SMILES string of the molecule is C1=CCC[C@H]2N[C@H]2C/C=C\CCC1. The molecule has 0 aromatic rings. The summed E-state index contributed by atoms with van der Waals surface area (Å²) in [4.78, 5) is 0. The van der Waals surface area contributed by atoms with Crippen LogP contribution in [0.1, 0.15) is 38.5 Å². The van der Waals surface area contributed by atoms with Gasteiger partial charge in [0.25, 0.3) is 0 Å². The topological polar surface area (TPSA) is 21.9 Å². The molecule has 1 N–H and O–H groups in total. The molecule has 1 fully saturated rings. The Kier molecular flexibility index (Phi) is 3.20. The molecule has 1 heteroatoms. The minimum Gasteiger partial charge on any atom is -0.308 e. The van der Waals surface area contributed by atoms with Crippen LogP contribution in [-0.4, -0.2) is 12.1 Å². The predicted molar refractivity (Wildman–Crippen MR) is 56.7 cm³/mol. The third-order valence-corrected chi connectivity index (χ3v) is 2.91. The van der Waals surface area contributed by atoms with Crippen LogP contribution in [0.3, 0.4) is 0 Å². The molecule has 1 heterocycles. The highest BCUT2D eigenvalue weighted by Crippen LogP contribution is 2.21. The van der Waals surface area contributed by atoms with E-state index in [0.29, 0.717) is 0 Å². The second kappa shape index (κ2) is 4.61. The van der Waals surface area contributed by atoms with Crippen LogP contribution in [0.2, 0.25) is 0 Å². The van der Waals surface area contributed by atoms with Crippen molar-refractivity contribution in [3.8, 4) is 0 Å². The number of hydrogen-bond donors (Lipinski definition) is 1. The fourth-order valence-corrected chi connectivity index (χ4v) is 1.96. The lowest BCUT2D eigenvalue weighted by atomic mass is 10.1. The summed E-state index contributed by atoms with van der Waals surface area (Å²) in [5, 5.41) is 3.52. The second-order valence-corrected chi connectivity index (χ2v) is 4.07. The van der Waals surface area contributed by atoms with Crippen molar-refractivity contribution < 1.29 is 0 Å². The normalized spacial score (nSPS) is 36.9. The van der Waals surface area contributed by atoms with Crippen LogP contribution in [0, 0.1) is 0 Å². The smallest absolute Gasteiger partial charge is 0.0259 e. The van der Waals surface area contributed by atoms with Crippen LogP contribution in [0.15, 0.2) is 24.3 Å². The van der Waals surface area contributed by atoms with E-state index in [1.54, 1.807) is 0 Å². The average molecular weight is 177 g/mol. The Balaban J connectivity index is 1.80. The predicted octanol–water partition coefficient (Wildman–Crippen LogP) is 2.79. The van der Waals surface area contributed by atoms with Crippen molar-refractivity contribution in [1.82, 2.24) is 5.32 Å². The number of hydrogen-bond acceptors (Lipinski definition) is 1.